The summed E-state index contributed by atoms with van der Waals surface area (Å²) in [4.78, 5) is 3.71. The minimum Gasteiger partial charge on any atom is -0.386 e. The van der Waals surface area contributed by atoms with Crippen LogP contribution < -0.4 is 11.5 Å². The summed E-state index contributed by atoms with van der Waals surface area (Å²) in [6.45, 7) is 0.590. The van der Waals surface area contributed by atoms with Crippen LogP contribution in [0.4, 0.5) is 0 Å². The zero-order valence-corrected chi connectivity index (χ0v) is 4.92. The summed E-state index contributed by atoms with van der Waals surface area (Å²) in [6, 6.07) is 0. The van der Waals surface area contributed by atoms with Gasteiger partial charge in [0.2, 0.25) is 0 Å². The third kappa shape index (κ3) is 3.58. The van der Waals surface area contributed by atoms with Crippen molar-refractivity contribution in [1.82, 2.24) is 0 Å². The van der Waals surface area contributed by atoms with Crippen molar-refractivity contribution in [2.24, 2.45) is 16.5 Å². The highest BCUT2D eigenvalue weighted by Gasteiger charge is 1.81. The Labute approximate surface area is 48.5 Å². The molecule has 0 saturated heterocycles. The van der Waals surface area contributed by atoms with Crippen molar-refractivity contribution < 1.29 is 4.74 Å². The lowest BCUT2D eigenvalue weighted by Crippen LogP contribution is -2.23. The van der Waals surface area contributed by atoms with Gasteiger partial charge in [0, 0.05) is 7.11 Å². The number of hydrogen-bond acceptors (Lipinski definition) is 3. The molecule has 4 nitrogen and oxygen atoms in total. The number of aliphatic imine (C=N–C) groups is 1. The van der Waals surface area contributed by atoms with Crippen molar-refractivity contribution in [3.63, 3.8) is 0 Å². The smallest absolute Gasteiger partial charge is 0.139 e. The molecule has 0 unspecified atom stereocenters. The van der Waals surface area contributed by atoms with Crippen LogP contribution in [0.15, 0.2) is 4.99 Å². The SMILES string of the molecule is COC/N=C(\N)CN. The largest absolute Gasteiger partial charge is 0.386 e. The Morgan fingerprint density at radius 2 is 2.38 bits per heavy atom. The van der Waals surface area contributed by atoms with Crippen LogP contribution in [0.3, 0.4) is 0 Å². The molecule has 0 rings (SSSR count). The Kier molecular flexibility index (Phi) is 4.20. The number of hydrogen-bond donors (Lipinski definition) is 2. The number of ether oxygens (including phenoxy) is 1. The number of nitrogens with zero attached hydrogens (tertiary/aromatic N) is 1. The minimum atomic E-state index is 0.295. The van der Waals surface area contributed by atoms with Crippen molar-refractivity contribution in [2.45, 2.75) is 0 Å². The molecule has 0 aromatic heterocycles. The van der Waals surface area contributed by atoms with Crippen LogP contribution in [-0.2, 0) is 4.74 Å². The third-order valence-electron chi connectivity index (χ3n) is 0.606. The maximum Gasteiger partial charge on any atom is 0.139 e. The summed E-state index contributed by atoms with van der Waals surface area (Å²) in [5, 5.41) is 0. The maximum atomic E-state index is 5.20. The molecule has 0 spiro atoms. The zero-order chi connectivity index (χ0) is 6.41. The van der Waals surface area contributed by atoms with Gasteiger partial charge in [-0.05, 0) is 0 Å². The first-order valence-corrected chi connectivity index (χ1v) is 2.29. The molecule has 0 radical (unpaired) electrons. The fraction of sp³-hybridized carbons (Fsp3) is 0.750. The normalized spacial score (nSPS) is 12.0. The molecule has 4 N–H and O–H groups in total. The molecule has 0 aliphatic rings. The molecule has 48 valence electrons. The van der Waals surface area contributed by atoms with Gasteiger partial charge in [-0.3, -0.25) is 0 Å². The lowest BCUT2D eigenvalue weighted by atomic mass is 10.6. The highest BCUT2D eigenvalue weighted by molar-refractivity contribution is 5.81. The van der Waals surface area contributed by atoms with Crippen LogP contribution in [0, 0.1) is 0 Å². The molecule has 0 aliphatic carbocycles. The third-order valence-corrected chi connectivity index (χ3v) is 0.606. The monoisotopic (exact) mass is 117 g/mol. The lowest BCUT2D eigenvalue weighted by Gasteiger charge is -1.92. The Morgan fingerprint density at radius 1 is 1.75 bits per heavy atom. The number of methoxy groups -OCH3 is 1. The molecule has 0 heterocycles. The van der Waals surface area contributed by atoms with E-state index in [4.69, 9.17) is 11.5 Å². The average molecular weight is 117 g/mol. The Morgan fingerprint density at radius 3 is 2.75 bits per heavy atom. The van der Waals surface area contributed by atoms with E-state index < -0.39 is 0 Å². The van der Waals surface area contributed by atoms with Crippen molar-refractivity contribution in [2.75, 3.05) is 20.4 Å². The van der Waals surface area contributed by atoms with E-state index in [1.165, 1.54) is 0 Å². The van der Waals surface area contributed by atoms with Crippen LogP contribution in [0.2, 0.25) is 0 Å². The van der Waals surface area contributed by atoms with Crippen LogP contribution in [0.25, 0.3) is 0 Å². The molecular formula is C4H11N3O. The van der Waals surface area contributed by atoms with E-state index in [0.717, 1.165) is 0 Å². The quantitative estimate of drug-likeness (QED) is 0.364. The molecule has 4 heteroatoms. The molecule has 0 aromatic rings. The molecule has 0 atom stereocenters. The second-order valence-corrected chi connectivity index (χ2v) is 1.27. The van der Waals surface area contributed by atoms with Gasteiger partial charge in [0.15, 0.2) is 0 Å². The van der Waals surface area contributed by atoms with Gasteiger partial charge in [-0.15, -0.1) is 0 Å². The highest BCUT2D eigenvalue weighted by atomic mass is 16.5. The standard InChI is InChI=1S/C4H11N3O/c1-8-3-7-4(6)2-5/h2-3,5H2,1H3,(H2,6,7). The van der Waals surface area contributed by atoms with Crippen LogP contribution >= 0.6 is 0 Å². The van der Waals surface area contributed by atoms with Crippen molar-refractivity contribution in [3.8, 4) is 0 Å². The molecule has 0 bridgehead atoms. The topological polar surface area (TPSA) is 73.6 Å². The number of nitrogens with two attached hydrogens (primary N) is 2. The average Bonchev–Trinajstić information content (AvgIpc) is 1.83. The summed E-state index contributed by atoms with van der Waals surface area (Å²) in [6.07, 6.45) is 0. The highest BCUT2D eigenvalue weighted by Crippen LogP contribution is 1.68. The van der Waals surface area contributed by atoms with Gasteiger partial charge in [0.1, 0.15) is 12.6 Å². The minimum absolute atomic E-state index is 0.295. The van der Waals surface area contributed by atoms with Crippen LogP contribution in [0.1, 0.15) is 0 Å². The second-order valence-electron chi connectivity index (χ2n) is 1.27. The van der Waals surface area contributed by atoms with Gasteiger partial charge in [0.05, 0.1) is 6.54 Å². The maximum absolute atomic E-state index is 5.20. The summed E-state index contributed by atoms with van der Waals surface area (Å²) in [5.41, 5.74) is 10.3. The first kappa shape index (κ1) is 7.39. The van der Waals surface area contributed by atoms with Gasteiger partial charge in [0.25, 0.3) is 0 Å². The molecule has 0 amide bonds. The molecular weight excluding hydrogens is 106 g/mol. The summed E-state index contributed by atoms with van der Waals surface area (Å²) in [5.74, 6) is 0.423. The van der Waals surface area contributed by atoms with Crippen molar-refractivity contribution in [3.05, 3.63) is 0 Å². The molecule has 0 saturated carbocycles. The second kappa shape index (κ2) is 4.55. The van der Waals surface area contributed by atoms with Crippen LogP contribution in [0.5, 0.6) is 0 Å². The number of rotatable bonds is 3. The van der Waals surface area contributed by atoms with E-state index in [1.54, 1.807) is 7.11 Å². The predicted molar refractivity (Wildman–Crippen MR) is 32.6 cm³/mol. The fourth-order valence-corrected chi connectivity index (χ4v) is 0.212. The first-order valence-electron chi connectivity index (χ1n) is 2.29. The van der Waals surface area contributed by atoms with Gasteiger partial charge < -0.3 is 16.2 Å². The molecule has 0 aromatic carbocycles. The van der Waals surface area contributed by atoms with Gasteiger partial charge in [-0.1, -0.05) is 0 Å². The van der Waals surface area contributed by atoms with E-state index in [-0.39, 0.29) is 0 Å². The zero-order valence-electron chi connectivity index (χ0n) is 4.92. The van der Waals surface area contributed by atoms with Gasteiger partial charge >= 0.3 is 0 Å². The number of amidine groups is 1. The Balaban J connectivity index is 3.26. The van der Waals surface area contributed by atoms with E-state index in [0.29, 0.717) is 19.1 Å². The summed E-state index contributed by atoms with van der Waals surface area (Å²) in [7, 11) is 1.55. The van der Waals surface area contributed by atoms with Crippen molar-refractivity contribution in [1.29, 1.82) is 0 Å². The van der Waals surface area contributed by atoms with Gasteiger partial charge in [-0.25, -0.2) is 4.99 Å². The lowest BCUT2D eigenvalue weighted by molar-refractivity contribution is 0.209. The Bertz CT molecular complexity index is 81.4. The molecule has 0 fully saturated rings. The van der Waals surface area contributed by atoms with E-state index in [2.05, 4.69) is 9.73 Å². The van der Waals surface area contributed by atoms with Gasteiger partial charge in [-0.2, -0.15) is 0 Å². The van der Waals surface area contributed by atoms with Crippen LogP contribution in [-0.4, -0.2) is 26.2 Å². The van der Waals surface area contributed by atoms with E-state index in [1.807, 2.05) is 0 Å². The summed E-state index contributed by atoms with van der Waals surface area (Å²) >= 11 is 0. The summed E-state index contributed by atoms with van der Waals surface area (Å²) < 4.78 is 4.59. The van der Waals surface area contributed by atoms with E-state index in [9.17, 15) is 0 Å². The molecule has 0 aliphatic heterocycles. The first-order chi connectivity index (χ1) is 3.81. The predicted octanol–water partition coefficient (Wildman–Crippen LogP) is -1.09. The fourth-order valence-electron chi connectivity index (χ4n) is 0.212. The van der Waals surface area contributed by atoms with E-state index >= 15 is 0 Å². The van der Waals surface area contributed by atoms with Crippen molar-refractivity contribution >= 4 is 5.84 Å². The molecule has 8 heavy (non-hydrogen) atoms. The Hall–Kier alpha value is -0.610.